The van der Waals surface area contributed by atoms with Gasteiger partial charge < -0.3 is 5.32 Å². The Hall–Kier alpha value is -2.16. The van der Waals surface area contributed by atoms with E-state index in [4.69, 9.17) is 0 Å². The van der Waals surface area contributed by atoms with Gasteiger partial charge in [0.1, 0.15) is 0 Å². The Kier molecular flexibility index (Phi) is 3.73. The van der Waals surface area contributed by atoms with Crippen LogP contribution in [0.4, 0.5) is 13.2 Å². The molecule has 0 radical (unpaired) electrons. The lowest BCUT2D eigenvalue weighted by atomic mass is 10.1. The first-order valence-electron chi connectivity index (χ1n) is 6.21. The predicted octanol–water partition coefficient (Wildman–Crippen LogP) is 3.10. The molecule has 1 unspecified atom stereocenters. The third kappa shape index (κ3) is 3.03. The number of azo groups is 1. The molecule has 0 saturated carbocycles. The second-order valence-electron chi connectivity index (χ2n) is 4.56. The third-order valence-corrected chi connectivity index (χ3v) is 3.99. The number of rotatable bonds is 2. The summed E-state index contributed by atoms with van der Waals surface area (Å²) in [7, 11) is 0. The SMILES string of the molecule is O=C1NC(SCc2ccc(C(F)(F)F)cc2)=NC2N=NC=C12. The van der Waals surface area contributed by atoms with Crippen LogP contribution in [0.25, 0.3) is 0 Å². The van der Waals surface area contributed by atoms with Gasteiger partial charge in [-0.3, -0.25) is 4.79 Å². The highest BCUT2D eigenvalue weighted by Gasteiger charge is 2.31. The lowest BCUT2D eigenvalue weighted by Crippen LogP contribution is -2.37. The van der Waals surface area contributed by atoms with Gasteiger partial charge in [-0.1, -0.05) is 23.9 Å². The van der Waals surface area contributed by atoms with Crippen molar-refractivity contribution in [3.8, 4) is 0 Å². The van der Waals surface area contributed by atoms with Crippen LogP contribution >= 0.6 is 11.8 Å². The predicted molar refractivity (Wildman–Crippen MR) is 75.0 cm³/mol. The molecule has 1 aromatic carbocycles. The second-order valence-corrected chi connectivity index (χ2v) is 5.52. The monoisotopic (exact) mass is 326 g/mol. The molecule has 114 valence electrons. The van der Waals surface area contributed by atoms with Gasteiger partial charge >= 0.3 is 6.18 Å². The fourth-order valence-corrected chi connectivity index (χ4v) is 2.72. The summed E-state index contributed by atoms with van der Waals surface area (Å²) in [6, 6.07) is 4.87. The lowest BCUT2D eigenvalue weighted by molar-refractivity contribution is -0.137. The number of nitrogens with one attached hydrogen (secondary N) is 1. The van der Waals surface area contributed by atoms with Crippen molar-refractivity contribution in [2.75, 3.05) is 0 Å². The largest absolute Gasteiger partial charge is 0.416 e. The number of halogens is 3. The Morgan fingerprint density at radius 2 is 1.95 bits per heavy atom. The summed E-state index contributed by atoms with van der Waals surface area (Å²) >= 11 is 1.22. The van der Waals surface area contributed by atoms with E-state index in [-0.39, 0.29) is 5.91 Å². The van der Waals surface area contributed by atoms with Crippen LogP contribution in [0, 0.1) is 0 Å². The quantitative estimate of drug-likeness (QED) is 0.907. The number of hydrogen-bond donors (Lipinski definition) is 1. The molecular weight excluding hydrogens is 317 g/mol. The molecule has 5 nitrogen and oxygen atoms in total. The van der Waals surface area contributed by atoms with Crippen LogP contribution in [0.1, 0.15) is 11.1 Å². The van der Waals surface area contributed by atoms with Crippen molar-refractivity contribution in [2.24, 2.45) is 15.2 Å². The summed E-state index contributed by atoms with van der Waals surface area (Å²) in [4.78, 5) is 15.9. The standard InChI is InChI=1S/C13H9F3N4OS/c14-13(15,16)8-3-1-7(2-4-8)6-22-12-18-10-9(5-17-20-10)11(21)19-12/h1-5,10H,6H2,(H,18,19,21). The summed E-state index contributed by atoms with van der Waals surface area (Å²) in [5, 5.41) is 10.4. The fourth-order valence-electron chi connectivity index (χ4n) is 1.89. The van der Waals surface area contributed by atoms with E-state index in [2.05, 4.69) is 20.5 Å². The number of nitrogens with zero attached hydrogens (tertiary/aromatic N) is 3. The van der Waals surface area contributed by atoms with Gasteiger partial charge in [0.2, 0.25) is 0 Å². The van der Waals surface area contributed by atoms with Crippen molar-refractivity contribution in [2.45, 2.75) is 18.1 Å². The third-order valence-electron chi connectivity index (χ3n) is 3.03. The van der Waals surface area contributed by atoms with Crippen molar-refractivity contribution in [3.05, 3.63) is 47.2 Å². The maximum absolute atomic E-state index is 12.5. The first kappa shape index (κ1) is 14.8. The average Bonchev–Trinajstić information content (AvgIpc) is 2.93. The minimum Gasteiger partial charge on any atom is -0.301 e. The van der Waals surface area contributed by atoms with Crippen molar-refractivity contribution in [1.82, 2.24) is 5.32 Å². The van der Waals surface area contributed by atoms with E-state index in [1.807, 2.05) is 0 Å². The zero-order valence-corrected chi connectivity index (χ0v) is 11.8. The molecule has 0 bridgehead atoms. The Labute approximate surface area is 127 Å². The molecule has 0 aromatic heterocycles. The number of hydrogen-bond acceptors (Lipinski definition) is 5. The van der Waals surface area contributed by atoms with Crippen LogP contribution in [0.15, 0.2) is 51.3 Å². The maximum atomic E-state index is 12.5. The highest BCUT2D eigenvalue weighted by atomic mass is 32.2. The van der Waals surface area contributed by atoms with Crippen LogP contribution in [-0.2, 0) is 16.7 Å². The lowest BCUT2D eigenvalue weighted by Gasteiger charge is -2.17. The van der Waals surface area contributed by atoms with Gasteiger partial charge in [0.25, 0.3) is 5.91 Å². The van der Waals surface area contributed by atoms with Crippen LogP contribution in [0.2, 0.25) is 0 Å². The number of amidine groups is 1. The molecule has 22 heavy (non-hydrogen) atoms. The molecule has 3 rings (SSSR count). The van der Waals surface area contributed by atoms with E-state index in [1.165, 1.54) is 30.1 Å². The Morgan fingerprint density at radius 3 is 2.64 bits per heavy atom. The van der Waals surface area contributed by atoms with Gasteiger partial charge in [0, 0.05) is 5.75 Å². The minimum atomic E-state index is -4.34. The summed E-state index contributed by atoms with van der Waals surface area (Å²) in [5.41, 5.74) is 0.397. The van der Waals surface area contributed by atoms with Crippen LogP contribution in [-0.4, -0.2) is 17.2 Å². The van der Waals surface area contributed by atoms with Crippen molar-refractivity contribution in [1.29, 1.82) is 0 Å². The van der Waals surface area contributed by atoms with Gasteiger partial charge in [-0.05, 0) is 17.7 Å². The molecule has 2 heterocycles. The number of carbonyl (C=O) groups excluding carboxylic acids is 1. The van der Waals surface area contributed by atoms with E-state index >= 15 is 0 Å². The molecule has 1 N–H and O–H groups in total. The molecule has 2 aliphatic rings. The smallest absolute Gasteiger partial charge is 0.301 e. The van der Waals surface area contributed by atoms with Crippen LogP contribution in [0.3, 0.4) is 0 Å². The Morgan fingerprint density at radius 1 is 1.23 bits per heavy atom. The van der Waals surface area contributed by atoms with Crippen LogP contribution < -0.4 is 5.32 Å². The number of aliphatic imine (C=N–C) groups is 1. The molecule has 1 amide bonds. The van der Waals surface area contributed by atoms with Crippen molar-refractivity contribution >= 4 is 22.8 Å². The Bertz CT molecular complexity index is 694. The number of fused-ring (bicyclic) bond motifs is 1. The summed E-state index contributed by atoms with van der Waals surface area (Å²) < 4.78 is 37.4. The number of benzene rings is 1. The number of thioether (sulfide) groups is 1. The molecule has 9 heteroatoms. The Balaban J connectivity index is 1.65. The highest BCUT2D eigenvalue weighted by molar-refractivity contribution is 8.13. The van der Waals surface area contributed by atoms with E-state index in [9.17, 15) is 18.0 Å². The van der Waals surface area contributed by atoms with E-state index in [0.717, 1.165) is 12.1 Å². The normalized spacial score (nSPS) is 20.3. The molecule has 0 saturated heterocycles. The second kappa shape index (κ2) is 5.56. The maximum Gasteiger partial charge on any atom is 0.416 e. The van der Waals surface area contributed by atoms with Gasteiger partial charge in [-0.25, -0.2) is 4.99 Å². The van der Waals surface area contributed by atoms with Crippen LogP contribution in [0.5, 0.6) is 0 Å². The summed E-state index contributed by atoms with van der Waals surface area (Å²) in [5.74, 6) is 0.0834. The molecule has 2 aliphatic heterocycles. The van der Waals surface area contributed by atoms with Crippen molar-refractivity contribution < 1.29 is 18.0 Å². The summed E-state index contributed by atoms with van der Waals surface area (Å²) in [6.07, 6.45) is -3.59. The molecule has 1 aromatic rings. The summed E-state index contributed by atoms with van der Waals surface area (Å²) in [6.45, 7) is 0. The number of alkyl halides is 3. The zero-order chi connectivity index (χ0) is 15.7. The molecule has 0 spiro atoms. The topological polar surface area (TPSA) is 66.2 Å². The number of amides is 1. The minimum absolute atomic E-state index is 0.306. The molecule has 0 aliphatic carbocycles. The fraction of sp³-hybridized carbons (Fsp3) is 0.231. The van der Waals surface area contributed by atoms with Gasteiger partial charge in [0.15, 0.2) is 11.3 Å². The van der Waals surface area contributed by atoms with Gasteiger partial charge in [0.05, 0.1) is 17.3 Å². The number of carbonyl (C=O) groups is 1. The molecule has 1 atom stereocenters. The zero-order valence-electron chi connectivity index (χ0n) is 11.0. The van der Waals surface area contributed by atoms with Crippen molar-refractivity contribution in [3.63, 3.8) is 0 Å². The molecule has 0 fully saturated rings. The van der Waals surface area contributed by atoms with E-state index in [0.29, 0.717) is 22.1 Å². The van der Waals surface area contributed by atoms with Gasteiger partial charge in [-0.2, -0.15) is 23.4 Å². The highest BCUT2D eigenvalue weighted by Crippen LogP contribution is 2.30. The first-order chi connectivity index (χ1) is 10.4. The van der Waals surface area contributed by atoms with E-state index in [1.54, 1.807) is 0 Å². The first-order valence-corrected chi connectivity index (χ1v) is 7.20. The van der Waals surface area contributed by atoms with Gasteiger partial charge in [-0.15, -0.1) is 0 Å². The molecular formula is C13H9F3N4OS. The average molecular weight is 326 g/mol. The van der Waals surface area contributed by atoms with E-state index < -0.39 is 17.9 Å².